The Kier molecular flexibility index (Phi) is 4.27. The second-order valence-corrected chi connectivity index (χ2v) is 8.15. The van der Waals surface area contributed by atoms with Gasteiger partial charge in [0.1, 0.15) is 5.82 Å². The third kappa shape index (κ3) is 2.69. The number of nitrogens with one attached hydrogen (secondary N) is 1. The minimum absolute atomic E-state index is 0.0252. The summed E-state index contributed by atoms with van der Waals surface area (Å²) in [6.07, 6.45) is 3.20. The summed E-state index contributed by atoms with van der Waals surface area (Å²) in [5.74, 6) is -1.02. The number of likely N-dealkylation sites (tertiary alicyclic amines) is 1. The number of benzene rings is 2. The zero-order valence-electron chi connectivity index (χ0n) is 16.5. The Balaban J connectivity index is 1.64. The molecule has 0 saturated carbocycles. The number of rotatable bonds is 3. The normalized spacial score (nSPS) is 21.2. The number of halogens is 1. The third-order valence-electron chi connectivity index (χ3n) is 6.53. The molecule has 7 heteroatoms. The lowest BCUT2D eigenvalue weighted by atomic mass is 9.92. The number of carbonyl (C=O) groups is 2. The molecule has 3 heterocycles. The van der Waals surface area contributed by atoms with Crippen molar-refractivity contribution in [2.24, 2.45) is 11.7 Å². The van der Waals surface area contributed by atoms with Crippen LogP contribution in [0.5, 0.6) is 0 Å². The number of hydrogen-bond donors (Lipinski definition) is 2. The number of aromatic amines is 1. The van der Waals surface area contributed by atoms with E-state index in [-0.39, 0.29) is 29.1 Å². The van der Waals surface area contributed by atoms with Gasteiger partial charge in [0.25, 0.3) is 5.91 Å². The highest BCUT2D eigenvalue weighted by molar-refractivity contribution is 6.17. The van der Waals surface area contributed by atoms with E-state index in [2.05, 4.69) is 11.6 Å². The first kappa shape index (κ1) is 18.7. The van der Waals surface area contributed by atoms with Gasteiger partial charge in [-0.15, -0.1) is 0 Å². The molecule has 30 heavy (non-hydrogen) atoms. The van der Waals surface area contributed by atoms with E-state index in [1.807, 2.05) is 34.1 Å². The maximum absolute atomic E-state index is 15.4. The molecule has 2 aliphatic rings. The van der Waals surface area contributed by atoms with Crippen molar-refractivity contribution in [1.29, 1.82) is 0 Å². The standard InChI is InChI=1S/C23H23FN4O2/c1-2-19(29)28-9-5-6-13-11-27(12-18(13)28)22-16(24)10-15-14-7-3-4-8-17(14)26-21(15)20(22)23(25)30/h2-4,7-8,10,13,18,26H,1,5-6,9,11-12H2,(H2,25,30). The lowest BCUT2D eigenvalue weighted by molar-refractivity contribution is -0.130. The van der Waals surface area contributed by atoms with Crippen molar-refractivity contribution in [3.63, 3.8) is 0 Å². The lowest BCUT2D eigenvalue weighted by Crippen LogP contribution is -2.47. The smallest absolute Gasteiger partial charge is 0.253 e. The van der Waals surface area contributed by atoms with Crippen LogP contribution < -0.4 is 10.6 Å². The highest BCUT2D eigenvalue weighted by atomic mass is 19.1. The van der Waals surface area contributed by atoms with Crippen molar-refractivity contribution in [2.45, 2.75) is 18.9 Å². The van der Waals surface area contributed by atoms with Crippen molar-refractivity contribution in [2.75, 3.05) is 24.5 Å². The molecule has 2 atom stereocenters. The largest absolute Gasteiger partial charge is 0.366 e. The van der Waals surface area contributed by atoms with E-state index >= 15 is 4.39 Å². The number of nitrogens with two attached hydrogens (primary N) is 1. The summed E-state index contributed by atoms with van der Waals surface area (Å²) >= 11 is 0. The van der Waals surface area contributed by atoms with Crippen LogP contribution in [-0.2, 0) is 4.79 Å². The van der Waals surface area contributed by atoms with E-state index in [0.29, 0.717) is 30.5 Å². The third-order valence-corrected chi connectivity index (χ3v) is 6.53. The Morgan fingerprint density at radius 3 is 2.80 bits per heavy atom. The van der Waals surface area contributed by atoms with Crippen molar-refractivity contribution in [3.8, 4) is 0 Å². The number of amides is 2. The number of aromatic nitrogens is 1. The second-order valence-electron chi connectivity index (χ2n) is 8.15. The molecule has 0 spiro atoms. The van der Waals surface area contributed by atoms with E-state index < -0.39 is 11.7 Å². The number of para-hydroxylation sites is 1. The predicted octanol–water partition coefficient (Wildman–Crippen LogP) is 3.17. The molecule has 2 aromatic carbocycles. The Bertz CT molecular complexity index is 1200. The topological polar surface area (TPSA) is 82.4 Å². The van der Waals surface area contributed by atoms with Crippen LogP contribution in [-0.4, -0.2) is 47.4 Å². The quantitative estimate of drug-likeness (QED) is 0.656. The molecule has 3 aromatic rings. The lowest BCUT2D eigenvalue weighted by Gasteiger charge is -2.36. The van der Waals surface area contributed by atoms with Crippen molar-refractivity contribution < 1.29 is 14.0 Å². The van der Waals surface area contributed by atoms with Crippen LogP contribution in [0, 0.1) is 11.7 Å². The molecule has 3 N–H and O–H groups in total. The van der Waals surface area contributed by atoms with Gasteiger partial charge in [0.05, 0.1) is 22.8 Å². The zero-order chi connectivity index (χ0) is 21.0. The number of nitrogens with zero attached hydrogens (tertiary/aromatic N) is 2. The van der Waals surface area contributed by atoms with E-state index in [0.717, 1.165) is 23.7 Å². The zero-order valence-corrected chi connectivity index (χ0v) is 16.5. The monoisotopic (exact) mass is 406 g/mol. The molecule has 2 saturated heterocycles. The molecule has 6 nitrogen and oxygen atoms in total. The number of fused-ring (bicyclic) bond motifs is 4. The molecule has 0 aliphatic carbocycles. The highest BCUT2D eigenvalue weighted by Crippen LogP contribution is 2.40. The fraction of sp³-hybridized carbons (Fsp3) is 0.304. The first-order valence-corrected chi connectivity index (χ1v) is 10.2. The summed E-state index contributed by atoms with van der Waals surface area (Å²) in [5.41, 5.74) is 7.52. The van der Waals surface area contributed by atoms with Gasteiger partial charge in [-0.25, -0.2) is 4.39 Å². The predicted molar refractivity (Wildman–Crippen MR) is 115 cm³/mol. The number of primary amides is 1. The first-order valence-electron chi connectivity index (χ1n) is 10.2. The van der Waals surface area contributed by atoms with Crippen molar-refractivity contribution >= 4 is 39.3 Å². The van der Waals surface area contributed by atoms with Crippen LogP contribution in [0.4, 0.5) is 10.1 Å². The van der Waals surface area contributed by atoms with Crippen molar-refractivity contribution in [1.82, 2.24) is 9.88 Å². The van der Waals surface area contributed by atoms with E-state index in [1.54, 1.807) is 0 Å². The van der Waals surface area contributed by atoms with Crippen LogP contribution in [0.1, 0.15) is 23.2 Å². The summed E-state index contributed by atoms with van der Waals surface area (Å²) in [4.78, 5) is 31.7. The summed E-state index contributed by atoms with van der Waals surface area (Å²) in [6, 6.07) is 8.99. The summed E-state index contributed by atoms with van der Waals surface area (Å²) in [5, 5.41) is 1.49. The van der Waals surface area contributed by atoms with Crippen LogP contribution in [0.3, 0.4) is 0 Å². The van der Waals surface area contributed by atoms with Gasteiger partial charge in [0.2, 0.25) is 5.91 Å². The first-order chi connectivity index (χ1) is 14.5. The van der Waals surface area contributed by atoms with E-state index in [4.69, 9.17) is 5.73 Å². The average molecular weight is 406 g/mol. The van der Waals surface area contributed by atoms with Crippen LogP contribution >= 0.6 is 0 Å². The van der Waals surface area contributed by atoms with Crippen LogP contribution in [0.15, 0.2) is 43.0 Å². The van der Waals surface area contributed by atoms with Gasteiger partial charge in [-0.05, 0) is 37.0 Å². The van der Waals surface area contributed by atoms with E-state index in [9.17, 15) is 9.59 Å². The minimum Gasteiger partial charge on any atom is -0.366 e. The van der Waals surface area contributed by atoms with Gasteiger partial charge >= 0.3 is 0 Å². The maximum Gasteiger partial charge on any atom is 0.253 e. The second kappa shape index (κ2) is 6.86. The summed E-state index contributed by atoms with van der Waals surface area (Å²) in [6.45, 7) is 5.32. The molecule has 154 valence electrons. The molecular weight excluding hydrogens is 383 g/mol. The Hall–Kier alpha value is -3.35. The van der Waals surface area contributed by atoms with E-state index in [1.165, 1.54) is 12.1 Å². The van der Waals surface area contributed by atoms with Gasteiger partial charge in [-0.2, -0.15) is 0 Å². The molecule has 2 aliphatic heterocycles. The van der Waals surface area contributed by atoms with Crippen LogP contribution in [0.25, 0.3) is 21.8 Å². The molecule has 2 fully saturated rings. The maximum atomic E-state index is 15.4. The van der Waals surface area contributed by atoms with Gasteiger partial charge < -0.3 is 20.5 Å². The average Bonchev–Trinajstić information content (AvgIpc) is 3.33. The fourth-order valence-corrected chi connectivity index (χ4v) is 5.25. The van der Waals surface area contributed by atoms with Crippen LogP contribution in [0.2, 0.25) is 0 Å². The molecular formula is C23H23FN4O2. The number of carbonyl (C=O) groups excluding carboxylic acids is 2. The summed E-state index contributed by atoms with van der Waals surface area (Å²) in [7, 11) is 0. The molecule has 5 rings (SSSR count). The fourth-order valence-electron chi connectivity index (χ4n) is 5.25. The molecule has 2 unspecified atom stereocenters. The summed E-state index contributed by atoms with van der Waals surface area (Å²) < 4.78 is 15.4. The Morgan fingerprint density at radius 2 is 2.03 bits per heavy atom. The Labute approximate surface area is 173 Å². The van der Waals surface area contributed by atoms with Gasteiger partial charge in [0, 0.05) is 35.9 Å². The number of hydrogen-bond acceptors (Lipinski definition) is 3. The molecule has 0 bridgehead atoms. The minimum atomic E-state index is -0.671. The van der Waals surface area contributed by atoms with Gasteiger partial charge in [-0.1, -0.05) is 24.8 Å². The SMILES string of the molecule is C=CC(=O)N1CCCC2CN(c3c(F)cc4c([nH]c5ccccc54)c3C(N)=O)CC21. The van der Waals surface area contributed by atoms with Gasteiger partial charge in [-0.3, -0.25) is 9.59 Å². The Morgan fingerprint density at radius 1 is 1.23 bits per heavy atom. The number of piperidine rings is 1. The molecule has 2 amide bonds. The highest BCUT2D eigenvalue weighted by Gasteiger charge is 2.42. The number of anilines is 1. The van der Waals surface area contributed by atoms with Crippen molar-refractivity contribution in [3.05, 3.63) is 54.4 Å². The number of H-pyrrole nitrogens is 1. The molecule has 0 radical (unpaired) electrons. The molecule has 1 aromatic heterocycles. The van der Waals surface area contributed by atoms with Gasteiger partial charge in [0.15, 0.2) is 0 Å².